The van der Waals surface area contributed by atoms with E-state index in [4.69, 9.17) is 14.1 Å². The fourth-order valence-electron chi connectivity index (χ4n) is 4.71. The molecule has 3 heterocycles. The predicted octanol–water partition coefficient (Wildman–Crippen LogP) is 7.53. The Morgan fingerprint density at radius 3 is 2.49 bits per heavy atom. The normalized spacial score (nSPS) is 16.4. The maximum atomic E-state index is 12.5. The lowest BCUT2D eigenvalue weighted by molar-refractivity contribution is 0.0688. The van der Waals surface area contributed by atoms with Crippen LogP contribution in [0.25, 0.3) is 5.82 Å². The summed E-state index contributed by atoms with van der Waals surface area (Å²) >= 11 is 2.30. The number of pyridine rings is 1. The number of fused-ring (bicyclic) bond motifs is 1. The van der Waals surface area contributed by atoms with Crippen LogP contribution in [0.3, 0.4) is 0 Å². The lowest BCUT2D eigenvalue weighted by Gasteiger charge is -2.40. The first-order valence-corrected chi connectivity index (χ1v) is 17.5. The first-order chi connectivity index (χ1) is 18.2. The standard InChI is InChI=1S/C30H40IN3O4Si/c1-20-8-9-21(2)34(20)28-15-11-23(17-32-28)27(38-39(6,7)30(3,4)5)19-33(29(35)36)18-25-13-10-22-16-24(31)12-14-26(22)37-25/h8-9,11-12,14-17,25,27H,10,13,18-19H2,1-7H3,(H,35,36)/t25-,27?/m1/s1. The Labute approximate surface area is 246 Å². The molecule has 7 nitrogen and oxygen atoms in total. The SMILES string of the molecule is Cc1ccc(C)n1-c1ccc(C(CN(C[C@H]2CCc3cc(I)ccc3O2)C(=O)O)O[Si](C)(C)C(C)(C)C)cn1. The predicted molar refractivity (Wildman–Crippen MR) is 166 cm³/mol. The number of hydrogen-bond acceptors (Lipinski definition) is 4. The first-order valence-electron chi connectivity index (χ1n) is 13.5. The smallest absolute Gasteiger partial charge is 0.407 e. The zero-order valence-corrected chi connectivity index (χ0v) is 27.2. The summed E-state index contributed by atoms with van der Waals surface area (Å²) in [5.74, 6) is 1.69. The average Bonchev–Trinajstić information content (AvgIpc) is 3.20. The third kappa shape index (κ3) is 6.86. The summed E-state index contributed by atoms with van der Waals surface area (Å²) in [7, 11) is -2.23. The van der Waals surface area contributed by atoms with Gasteiger partial charge >= 0.3 is 6.09 Å². The van der Waals surface area contributed by atoms with Gasteiger partial charge in [-0.1, -0.05) is 26.8 Å². The summed E-state index contributed by atoms with van der Waals surface area (Å²) in [5.41, 5.74) is 4.28. The Bertz CT molecular complexity index is 1300. The fraction of sp³-hybridized carbons (Fsp3) is 0.467. The molecule has 0 saturated carbocycles. The number of aromatic nitrogens is 2. The van der Waals surface area contributed by atoms with Gasteiger partial charge in [-0.3, -0.25) is 0 Å². The summed E-state index contributed by atoms with van der Waals surface area (Å²) < 4.78 is 16.4. The Balaban J connectivity index is 1.58. The van der Waals surface area contributed by atoms with Crippen molar-refractivity contribution in [1.82, 2.24) is 14.5 Å². The molecule has 0 bridgehead atoms. The summed E-state index contributed by atoms with van der Waals surface area (Å²) in [5, 5.41) is 10.2. The maximum absolute atomic E-state index is 12.5. The summed E-state index contributed by atoms with van der Waals surface area (Å²) in [6.07, 6.45) is 1.86. The van der Waals surface area contributed by atoms with E-state index in [1.165, 1.54) is 14.0 Å². The minimum absolute atomic E-state index is 0.0280. The zero-order valence-electron chi connectivity index (χ0n) is 24.0. The van der Waals surface area contributed by atoms with Crippen molar-refractivity contribution in [3.63, 3.8) is 0 Å². The van der Waals surface area contributed by atoms with Gasteiger partial charge in [-0.2, -0.15) is 0 Å². The van der Waals surface area contributed by atoms with Crippen LogP contribution in [0.2, 0.25) is 18.1 Å². The van der Waals surface area contributed by atoms with E-state index in [1.807, 2.05) is 30.5 Å². The molecule has 1 N–H and O–H groups in total. The zero-order chi connectivity index (χ0) is 28.5. The summed E-state index contributed by atoms with van der Waals surface area (Å²) in [6, 6.07) is 14.3. The van der Waals surface area contributed by atoms with Gasteiger partial charge in [0, 0.05) is 21.2 Å². The second-order valence-electron chi connectivity index (χ2n) is 12.0. The molecule has 2 aromatic heterocycles. The molecule has 0 radical (unpaired) electrons. The van der Waals surface area contributed by atoms with Crippen molar-refractivity contribution in [3.05, 3.63) is 74.7 Å². The molecule has 9 heteroatoms. The third-order valence-corrected chi connectivity index (χ3v) is 13.2. The summed E-state index contributed by atoms with van der Waals surface area (Å²) in [6.45, 7) is 15.6. The molecule has 2 atom stereocenters. The molecule has 1 unspecified atom stereocenters. The van der Waals surface area contributed by atoms with E-state index >= 15 is 0 Å². The van der Waals surface area contributed by atoms with E-state index in [0.29, 0.717) is 0 Å². The second-order valence-corrected chi connectivity index (χ2v) is 18.0. The Kier molecular flexibility index (Phi) is 8.82. The number of nitrogens with zero attached hydrogens (tertiary/aromatic N) is 3. The van der Waals surface area contributed by atoms with Crippen LogP contribution in [0.15, 0.2) is 48.7 Å². The van der Waals surface area contributed by atoms with E-state index in [-0.39, 0.29) is 24.2 Å². The minimum Gasteiger partial charge on any atom is -0.488 e. The molecule has 210 valence electrons. The minimum atomic E-state index is -2.23. The van der Waals surface area contributed by atoms with Crippen LogP contribution in [0, 0.1) is 17.4 Å². The van der Waals surface area contributed by atoms with Crippen LogP contribution in [-0.4, -0.2) is 53.2 Å². The Morgan fingerprint density at radius 1 is 1.21 bits per heavy atom. The molecule has 0 aliphatic carbocycles. The maximum Gasteiger partial charge on any atom is 0.407 e. The van der Waals surface area contributed by atoms with Crippen molar-refractivity contribution in [3.8, 4) is 11.6 Å². The number of carboxylic acid groups (broad SMARTS) is 1. The fourth-order valence-corrected chi connectivity index (χ4v) is 6.54. The highest BCUT2D eigenvalue weighted by molar-refractivity contribution is 14.1. The second kappa shape index (κ2) is 11.6. The molecule has 0 saturated heterocycles. The molecule has 0 spiro atoms. The highest BCUT2D eigenvalue weighted by atomic mass is 127. The van der Waals surface area contributed by atoms with Gasteiger partial charge in [0.25, 0.3) is 0 Å². The number of hydrogen-bond donors (Lipinski definition) is 1. The summed E-state index contributed by atoms with van der Waals surface area (Å²) in [4.78, 5) is 18.7. The lowest BCUT2D eigenvalue weighted by atomic mass is 10.0. The molecule has 1 aromatic carbocycles. The highest BCUT2D eigenvalue weighted by Crippen LogP contribution is 2.40. The lowest BCUT2D eigenvalue weighted by Crippen LogP contribution is -2.47. The highest BCUT2D eigenvalue weighted by Gasteiger charge is 2.40. The van der Waals surface area contributed by atoms with E-state index in [0.717, 1.165) is 41.4 Å². The number of halogens is 1. The van der Waals surface area contributed by atoms with Crippen LogP contribution in [0.5, 0.6) is 5.75 Å². The molecule has 1 aliphatic heterocycles. The molecule has 3 aromatic rings. The number of amides is 1. The van der Waals surface area contributed by atoms with Crippen LogP contribution < -0.4 is 4.74 Å². The number of rotatable bonds is 8. The van der Waals surface area contributed by atoms with Gasteiger partial charge in [0.05, 0.1) is 19.2 Å². The van der Waals surface area contributed by atoms with Crippen LogP contribution in [-0.2, 0) is 10.8 Å². The van der Waals surface area contributed by atoms with Crippen LogP contribution in [0.1, 0.15) is 55.8 Å². The average molecular weight is 662 g/mol. The number of ether oxygens (including phenoxy) is 1. The van der Waals surface area contributed by atoms with Gasteiger partial charge in [-0.15, -0.1) is 0 Å². The largest absolute Gasteiger partial charge is 0.488 e. The van der Waals surface area contributed by atoms with Crippen molar-refractivity contribution < 1.29 is 19.1 Å². The third-order valence-electron chi connectivity index (χ3n) is 8.02. The van der Waals surface area contributed by atoms with Crippen molar-refractivity contribution >= 4 is 37.0 Å². The molecule has 0 fully saturated rings. The number of carbonyl (C=O) groups is 1. The van der Waals surface area contributed by atoms with Gasteiger partial charge in [0.1, 0.15) is 17.7 Å². The Hall–Kier alpha value is -2.37. The molecule has 1 aliphatic rings. The van der Waals surface area contributed by atoms with Gasteiger partial charge < -0.3 is 23.7 Å². The number of benzene rings is 1. The van der Waals surface area contributed by atoms with Crippen molar-refractivity contribution in [2.24, 2.45) is 0 Å². The molecule has 4 rings (SSSR count). The van der Waals surface area contributed by atoms with E-state index in [1.54, 1.807) is 0 Å². The van der Waals surface area contributed by atoms with Crippen molar-refractivity contribution in [1.29, 1.82) is 0 Å². The molecular weight excluding hydrogens is 621 g/mol. The van der Waals surface area contributed by atoms with Crippen molar-refractivity contribution in [2.75, 3.05) is 13.1 Å². The quantitative estimate of drug-likeness (QED) is 0.200. The molecular formula is C30H40IN3O4Si. The van der Waals surface area contributed by atoms with E-state index in [2.05, 4.69) is 93.1 Å². The monoisotopic (exact) mass is 661 g/mol. The first kappa shape index (κ1) is 29.6. The van der Waals surface area contributed by atoms with Crippen molar-refractivity contribution in [2.45, 2.75) is 77.8 Å². The van der Waals surface area contributed by atoms with Crippen LogP contribution in [0.4, 0.5) is 4.79 Å². The number of aryl methyl sites for hydroxylation is 3. The topological polar surface area (TPSA) is 76.8 Å². The van der Waals surface area contributed by atoms with Gasteiger partial charge in [0.15, 0.2) is 8.32 Å². The van der Waals surface area contributed by atoms with E-state index in [9.17, 15) is 9.90 Å². The Morgan fingerprint density at radius 2 is 1.90 bits per heavy atom. The van der Waals surface area contributed by atoms with Crippen LogP contribution >= 0.6 is 22.6 Å². The van der Waals surface area contributed by atoms with Gasteiger partial charge in [-0.25, -0.2) is 9.78 Å². The van der Waals surface area contributed by atoms with E-state index < -0.39 is 20.5 Å². The van der Waals surface area contributed by atoms with Gasteiger partial charge in [0.2, 0.25) is 0 Å². The van der Waals surface area contributed by atoms with Gasteiger partial charge in [-0.05, 0) is 115 Å². The molecule has 39 heavy (non-hydrogen) atoms. The molecule has 1 amide bonds.